The van der Waals surface area contributed by atoms with Gasteiger partial charge in [0.05, 0.1) is 11.6 Å². The summed E-state index contributed by atoms with van der Waals surface area (Å²) in [5.74, 6) is -1.38. The molecule has 6 aromatic carbocycles. The number of ether oxygens (including phenoxy) is 1. The molecule has 9 heteroatoms. The first-order valence-corrected chi connectivity index (χ1v) is 16.2. The van der Waals surface area contributed by atoms with E-state index in [9.17, 15) is 24.3 Å². The fraction of sp³-hybridized carbons (Fsp3) is 0.150. The highest BCUT2D eigenvalue weighted by molar-refractivity contribution is 6.25. The van der Waals surface area contributed by atoms with Crippen molar-refractivity contribution < 1.29 is 19.4 Å². The lowest BCUT2D eigenvalue weighted by Gasteiger charge is -2.22. The van der Waals surface area contributed by atoms with Gasteiger partial charge in [-0.1, -0.05) is 103 Å². The monoisotopic (exact) mass is 647 g/mol. The lowest BCUT2D eigenvalue weighted by Crippen LogP contribution is -2.41. The third kappa shape index (κ3) is 4.46. The number of carbonyl (C=O) groups is 2. The van der Waals surface area contributed by atoms with Crippen LogP contribution in [-0.4, -0.2) is 50.8 Å². The second-order valence-corrected chi connectivity index (χ2v) is 12.9. The maximum Gasteiger partial charge on any atom is 0.410 e. The Morgan fingerprint density at radius 3 is 2.06 bits per heavy atom. The number of likely N-dealkylation sites (tertiary alicyclic amines) is 1. The van der Waals surface area contributed by atoms with Crippen LogP contribution in [0.2, 0.25) is 0 Å². The van der Waals surface area contributed by atoms with Crippen LogP contribution in [0, 0.1) is 0 Å². The van der Waals surface area contributed by atoms with Crippen LogP contribution in [0.15, 0.2) is 119 Å². The molecule has 1 amide bonds. The molecule has 49 heavy (non-hydrogen) atoms. The molecule has 9 nitrogen and oxygen atoms in total. The van der Waals surface area contributed by atoms with E-state index in [4.69, 9.17) is 4.74 Å². The number of carbonyl (C=O) groups excluding carboxylic acids is 1. The molecule has 0 bridgehead atoms. The average Bonchev–Trinajstić information content (AvgIpc) is 3.70. The van der Waals surface area contributed by atoms with Crippen molar-refractivity contribution in [3.63, 3.8) is 0 Å². The quantitative estimate of drug-likeness (QED) is 0.199. The Morgan fingerprint density at radius 2 is 1.37 bits per heavy atom. The standard InChI is InChI=1S/C40H29N3O6/c44-37-32(30-16-14-24-13-12-22-6-5-7-23-15-17-31(30)36(24)35(22)23)20-42(39(47)41-37)25-18-34(38(45)46)43(19-25)40(48)49-21-33-28-10-3-1-8-26(28)27-9-2-4-11-29(27)33/h1-17,20,25,33-34H,18-19,21H2,(H,45,46)(H,41,44,47)/t25-,34+/m1/s1. The third-order valence-corrected chi connectivity index (χ3v) is 10.3. The molecule has 0 saturated carbocycles. The van der Waals surface area contributed by atoms with Crippen molar-refractivity contribution in [2.24, 2.45) is 0 Å². The molecule has 2 atom stereocenters. The Morgan fingerprint density at radius 1 is 0.735 bits per heavy atom. The van der Waals surface area contributed by atoms with Crippen LogP contribution in [0.25, 0.3) is 54.6 Å². The van der Waals surface area contributed by atoms with Crippen LogP contribution in [0.1, 0.15) is 29.5 Å². The predicted octanol–water partition coefficient (Wildman–Crippen LogP) is 6.75. The number of nitrogens with one attached hydrogen (secondary N) is 1. The maximum atomic E-state index is 13.6. The number of nitrogens with zero attached hydrogens (tertiary/aromatic N) is 2. The fourth-order valence-electron chi connectivity index (χ4n) is 8.05. The van der Waals surface area contributed by atoms with Gasteiger partial charge in [-0.05, 0) is 60.1 Å². The van der Waals surface area contributed by atoms with E-state index in [0.717, 1.165) is 54.6 Å². The van der Waals surface area contributed by atoms with Gasteiger partial charge >= 0.3 is 17.8 Å². The van der Waals surface area contributed by atoms with Crippen molar-refractivity contribution in [3.05, 3.63) is 141 Å². The fourth-order valence-corrected chi connectivity index (χ4v) is 8.05. The zero-order valence-corrected chi connectivity index (χ0v) is 26.1. The number of rotatable bonds is 5. The van der Waals surface area contributed by atoms with Crippen LogP contribution < -0.4 is 11.2 Å². The van der Waals surface area contributed by atoms with Crippen LogP contribution in [0.5, 0.6) is 0 Å². The van der Waals surface area contributed by atoms with E-state index in [1.54, 1.807) is 0 Å². The average molecular weight is 648 g/mol. The highest BCUT2D eigenvalue weighted by atomic mass is 16.6. The summed E-state index contributed by atoms with van der Waals surface area (Å²) < 4.78 is 7.16. The van der Waals surface area contributed by atoms with Gasteiger partial charge in [-0.15, -0.1) is 0 Å². The van der Waals surface area contributed by atoms with E-state index in [0.29, 0.717) is 5.56 Å². The largest absolute Gasteiger partial charge is 0.480 e. The normalized spacial score (nSPS) is 17.2. The number of fused-ring (bicyclic) bond motifs is 3. The Kier molecular flexibility index (Phi) is 6.45. The van der Waals surface area contributed by atoms with E-state index in [1.807, 2.05) is 78.9 Å². The first-order chi connectivity index (χ1) is 23.9. The molecule has 2 aliphatic rings. The van der Waals surface area contributed by atoms with E-state index in [2.05, 4.69) is 29.2 Å². The molecule has 2 heterocycles. The van der Waals surface area contributed by atoms with Gasteiger partial charge in [0.25, 0.3) is 5.56 Å². The number of H-pyrrole nitrogens is 1. The van der Waals surface area contributed by atoms with E-state index in [-0.39, 0.29) is 31.1 Å². The number of aliphatic carboxylic acids is 1. The van der Waals surface area contributed by atoms with Gasteiger partial charge in [0.1, 0.15) is 12.6 Å². The summed E-state index contributed by atoms with van der Waals surface area (Å²) in [5, 5.41) is 16.3. The minimum absolute atomic E-state index is 0.0244. The number of benzene rings is 6. The van der Waals surface area contributed by atoms with Crippen molar-refractivity contribution >= 4 is 44.4 Å². The highest BCUT2D eigenvalue weighted by Crippen LogP contribution is 2.45. The highest BCUT2D eigenvalue weighted by Gasteiger charge is 2.42. The number of hydrogen-bond donors (Lipinski definition) is 2. The van der Waals surface area contributed by atoms with Crippen LogP contribution in [-0.2, 0) is 9.53 Å². The molecule has 9 rings (SSSR count). The number of carboxylic acids is 1. The molecule has 240 valence electrons. The summed E-state index contributed by atoms with van der Waals surface area (Å²) in [6.45, 7) is -0.0325. The van der Waals surface area contributed by atoms with Crippen molar-refractivity contribution in [2.75, 3.05) is 13.2 Å². The molecular formula is C40H29N3O6. The minimum atomic E-state index is -1.21. The van der Waals surface area contributed by atoms with Crippen molar-refractivity contribution in [1.82, 2.24) is 14.5 Å². The molecule has 1 saturated heterocycles. The first kappa shape index (κ1) is 29.0. The van der Waals surface area contributed by atoms with Gasteiger partial charge in [-0.25, -0.2) is 14.4 Å². The molecule has 2 N–H and O–H groups in total. The first-order valence-electron chi connectivity index (χ1n) is 16.2. The lowest BCUT2D eigenvalue weighted by molar-refractivity contribution is -0.141. The Hall–Kier alpha value is -6.22. The van der Waals surface area contributed by atoms with Gasteiger partial charge in [0, 0.05) is 25.1 Å². The second kappa shape index (κ2) is 10.9. The topological polar surface area (TPSA) is 122 Å². The van der Waals surface area contributed by atoms with Gasteiger partial charge < -0.3 is 9.84 Å². The van der Waals surface area contributed by atoms with Gasteiger partial charge in [-0.2, -0.15) is 0 Å². The number of amides is 1. The summed E-state index contributed by atoms with van der Waals surface area (Å²) in [4.78, 5) is 56.2. The molecule has 0 spiro atoms. The Bertz CT molecular complexity index is 2540. The molecule has 1 aliphatic carbocycles. The number of aromatic amines is 1. The Labute approximate surface area is 278 Å². The van der Waals surface area contributed by atoms with Crippen LogP contribution in [0.3, 0.4) is 0 Å². The van der Waals surface area contributed by atoms with Crippen LogP contribution in [0.4, 0.5) is 4.79 Å². The summed E-state index contributed by atoms with van der Waals surface area (Å²) in [5.41, 5.74) is 3.98. The molecule has 0 radical (unpaired) electrons. The predicted molar refractivity (Wildman–Crippen MR) is 187 cm³/mol. The van der Waals surface area contributed by atoms with Crippen molar-refractivity contribution in [3.8, 4) is 22.3 Å². The number of carboxylic acid groups (broad SMARTS) is 1. The second-order valence-electron chi connectivity index (χ2n) is 12.9. The summed E-state index contributed by atoms with van der Waals surface area (Å²) in [6.07, 6.45) is 0.711. The van der Waals surface area contributed by atoms with Crippen molar-refractivity contribution in [1.29, 1.82) is 0 Å². The summed E-state index contributed by atoms with van der Waals surface area (Å²) in [7, 11) is 0. The zero-order valence-electron chi connectivity index (χ0n) is 26.1. The molecule has 0 unspecified atom stereocenters. The summed E-state index contributed by atoms with van der Waals surface area (Å²) >= 11 is 0. The smallest absolute Gasteiger partial charge is 0.410 e. The molecule has 1 fully saturated rings. The zero-order chi connectivity index (χ0) is 33.4. The van der Waals surface area contributed by atoms with Gasteiger partial charge in [0.15, 0.2) is 0 Å². The Balaban J connectivity index is 1.04. The SMILES string of the molecule is O=C(O)[C@@H]1C[C@@H](n2cc(-c3ccc4ccc5cccc6ccc3c4c56)c(=O)[nH]c2=O)CN1C(=O)OCC1c2ccccc2-c2ccccc21. The minimum Gasteiger partial charge on any atom is -0.480 e. The van der Waals surface area contributed by atoms with Gasteiger partial charge in [0.2, 0.25) is 0 Å². The van der Waals surface area contributed by atoms with Crippen LogP contribution >= 0.6 is 0 Å². The molecular weight excluding hydrogens is 618 g/mol. The molecule has 1 aromatic heterocycles. The van der Waals surface area contributed by atoms with E-state index >= 15 is 0 Å². The lowest BCUT2D eigenvalue weighted by atomic mass is 9.90. The van der Waals surface area contributed by atoms with Crippen molar-refractivity contribution in [2.45, 2.75) is 24.4 Å². The van der Waals surface area contributed by atoms with E-state index < -0.39 is 35.4 Å². The number of hydrogen-bond acceptors (Lipinski definition) is 5. The summed E-state index contributed by atoms with van der Waals surface area (Å²) in [6, 6.07) is 32.2. The molecule has 1 aliphatic heterocycles. The molecule has 7 aromatic rings. The van der Waals surface area contributed by atoms with Gasteiger partial charge in [-0.3, -0.25) is 19.2 Å². The van der Waals surface area contributed by atoms with E-state index in [1.165, 1.54) is 15.7 Å². The number of aromatic nitrogens is 2. The third-order valence-electron chi connectivity index (χ3n) is 10.3. The maximum absolute atomic E-state index is 13.6.